The van der Waals surface area contributed by atoms with Gasteiger partial charge in [-0.05, 0) is 31.6 Å². The normalized spacial score (nSPS) is 25.2. The van der Waals surface area contributed by atoms with Crippen molar-refractivity contribution in [3.05, 3.63) is 0 Å². The lowest BCUT2D eigenvalue weighted by atomic mass is 9.98. The highest BCUT2D eigenvalue weighted by Gasteiger charge is 2.37. The zero-order valence-corrected chi connectivity index (χ0v) is 12.4. The fourth-order valence-electron chi connectivity index (χ4n) is 3.06. The Kier molecular flexibility index (Phi) is 4.48. The van der Waals surface area contributed by atoms with E-state index >= 15 is 0 Å². The molecule has 0 bridgehead atoms. The molecule has 1 unspecified atom stereocenters. The van der Waals surface area contributed by atoms with Crippen molar-refractivity contribution in [3.63, 3.8) is 0 Å². The molecule has 1 atom stereocenters. The van der Waals surface area contributed by atoms with Crippen LogP contribution in [-0.4, -0.2) is 47.3 Å². The van der Waals surface area contributed by atoms with Crippen molar-refractivity contribution >= 4 is 11.8 Å². The maximum atomic E-state index is 12.6. The maximum Gasteiger partial charge on any atom is 0.245 e. The Morgan fingerprint density at radius 2 is 1.68 bits per heavy atom. The predicted octanol–water partition coefficient (Wildman–Crippen LogP) is 1.89. The summed E-state index contributed by atoms with van der Waals surface area (Å²) in [5.74, 6) is 1.01. The van der Waals surface area contributed by atoms with Crippen molar-refractivity contribution in [2.45, 2.75) is 52.5 Å². The van der Waals surface area contributed by atoms with Gasteiger partial charge in [0.15, 0.2) is 0 Å². The average molecular weight is 266 g/mol. The molecule has 4 heteroatoms. The number of rotatable bonds is 2. The van der Waals surface area contributed by atoms with Gasteiger partial charge in [-0.25, -0.2) is 0 Å². The van der Waals surface area contributed by atoms with Crippen LogP contribution in [0.1, 0.15) is 46.5 Å². The summed E-state index contributed by atoms with van der Waals surface area (Å²) in [7, 11) is 0. The third kappa shape index (κ3) is 3.10. The van der Waals surface area contributed by atoms with Gasteiger partial charge < -0.3 is 9.80 Å². The molecule has 19 heavy (non-hydrogen) atoms. The molecule has 2 heterocycles. The van der Waals surface area contributed by atoms with Crippen molar-refractivity contribution in [3.8, 4) is 0 Å². The summed E-state index contributed by atoms with van der Waals surface area (Å²) >= 11 is 0. The molecule has 0 radical (unpaired) electrons. The monoisotopic (exact) mass is 266 g/mol. The van der Waals surface area contributed by atoms with Crippen LogP contribution < -0.4 is 0 Å². The summed E-state index contributed by atoms with van der Waals surface area (Å²) in [6.45, 7) is 8.53. The highest BCUT2D eigenvalue weighted by Crippen LogP contribution is 2.24. The Hall–Kier alpha value is -1.06. The lowest BCUT2D eigenvalue weighted by Gasteiger charge is -2.35. The van der Waals surface area contributed by atoms with Crippen molar-refractivity contribution in [1.29, 1.82) is 0 Å². The zero-order chi connectivity index (χ0) is 14.0. The highest BCUT2D eigenvalue weighted by atomic mass is 16.2. The summed E-state index contributed by atoms with van der Waals surface area (Å²) in [6, 6.07) is -0.191. The Labute approximate surface area is 116 Å². The van der Waals surface area contributed by atoms with E-state index in [9.17, 15) is 9.59 Å². The molecular weight excluding hydrogens is 240 g/mol. The van der Waals surface area contributed by atoms with Crippen molar-refractivity contribution in [2.75, 3.05) is 19.6 Å². The molecule has 0 aromatic carbocycles. The first kappa shape index (κ1) is 14.4. The molecule has 2 fully saturated rings. The second kappa shape index (κ2) is 5.93. The fraction of sp³-hybridized carbons (Fsp3) is 0.867. The molecule has 108 valence electrons. The Morgan fingerprint density at radius 3 is 2.26 bits per heavy atom. The van der Waals surface area contributed by atoms with E-state index in [0.717, 1.165) is 51.2 Å². The molecule has 2 amide bonds. The molecule has 4 nitrogen and oxygen atoms in total. The van der Waals surface area contributed by atoms with Gasteiger partial charge in [-0.1, -0.05) is 20.8 Å². The second-order valence-electron chi connectivity index (χ2n) is 6.35. The molecule has 0 spiro atoms. The minimum absolute atomic E-state index is 0.0187. The van der Waals surface area contributed by atoms with Gasteiger partial charge in [-0.15, -0.1) is 0 Å². The zero-order valence-electron chi connectivity index (χ0n) is 12.4. The summed E-state index contributed by atoms with van der Waals surface area (Å²) in [5.41, 5.74) is 0. The predicted molar refractivity (Wildman–Crippen MR) is 74.6 cm³/mol. The number of carbonyl (C=O) groups is 2. The Bertz CT molecular complexity index is 346. The standard InChI is InChI=1S/C15H26N2O2/c1-11(2)14(18)17-8-4-5-13(17)15(19)16-9-6-12(3)7-10-16/h11-13H,4-10H2,1-3H3. The third-order valence-electron chi connectivity index (χ3n) is 4.41. The number of hydrogen-bond donors (Lipinski definition) is 0. The molecular formula is C15H26N2O2. The van der Waals surface area contributed by atoms with Crippen molar-refractivity contribution in [2.24, 2.45) is 11.8 Å². The van der Waals surface area contributed by atoms with Gasteiger partial charge in [-0.2, -0.15) is 0 Å². The van der Waals surface area contributed by atoms with Crippen LogP contribution in [0.5, 0.6) is 0 Å². The first-order valence-electron chi connectivity index (χ1n) is 7.60. The summed E-state index contributed by atoms with van der Waals surface area (Å²) in [4.78, 5) is 28.5. The van der Waals surface area contributed by atoms with E-state index in [1.165, 1.54) is 0 Å². The largest absolute Gasteiger partial charge is 0.341 e. The lowest BCUT2D eigenvalue weighted by Crippen LogP contribution is -2.50. The maximum absolute atomic E-state index is 12.6. The fourth-order valence-corrected chi connectivity index (χ4v) is 3.06. The summed E-state index contributed by atoms with van der Waals surface area (Å²) in [5, 5.41) is 0. The van der Waals surface area contributed by atoms with Gasteiger partial charge in [0.2, 0.25) is 11.8 Å². The molecule has 0 saturated carbocycles. The van der Waals surface area contributed by atoms with Gasteiger partial charge in [0, 0.05) is 25.6 Å². The van der Waals surface area contributed by atoms with Crippen molar-refractivity contribution in [1.82, 2.24) is 9.80 Å². The smallest absolute Gasteiger partial charge is 0.245 e. The lowest BCUT2D eigenvalue weighted by molar-refractivity contribution is -0.146. The van der Waals surface area contributed by atoms with E-state index in [1.54, 1.807) is 0 Å². The molecule has 0 aliphatic carbocycles. The molecule has 2 aliphatic rings. The molecule has 0 aromatic rings. The first-order valence-corrected chi connectivity index (χ1v) is 7.60. The SMILES string of the molecule is CC1CCN(C(=O)C2CCCN2C(=O)C(C)C)CC1. The van der Waals surface area contributed by atoms with Crippen LogP contribution in [0.25, 0.3) is 0 Å². The molecule has 2 aliphatic heterocycles. The van der Waals surface area contributed by atoms with E-state index in [1.807, 2.05) is 23.6 Å². The van der Waals surface area contributed by atoms with Crippen LogP contribution in [-0.2, 0) is 9.59 Å². The number of likely N-dealkylation sites (tertiary alicyclic amines) is 2. The number of carbonyl (C=O) groups excluding carboxylic acids is 2. The topological polar surface area (TPSA) is 40.6 Å². The van der Waals surface area contributed by atoms with E-state index in [0.29, 0.717) is 0 Å². The first-order chi connectivity index (χ1) is 9.00. The number of piperidine rings is 1. The quantitative estimate of drug-likeness (QED) is 0.766. The van der Waals surface area contributed by atoms with E-state index in [4.69, 9.17) is 0 Å². The van der Waals surface area contributed by atoms with Crippen LogP contribution in [0.3, 0.4) is 0 Å². The minimum atomic E-state index is -0.191. The minimum Gasteiger partial charge on any atom is -0.341 e. The summed E-state index contributed by atoms with van der Waals surface area (Å²) in [6.07, 6.45) is 3.98. The van der Waals surface area contributed by atoms with Gasteiger partial charge in [0.1, 0.15) is 6.04 Å². The van der Waals surface area contributed by atoms with Crippen LogP contribution in [0, 0.1) is 11.8 Å². The average Bonchev–Trinajstić information content (AvgIpc) is 2.86. The van der Waals surface area contributed by atoms with E-state index < -0.39 is 0 Å². The van der Waals surface area contributed by atoms with Gasteiger partial charge in [0.05, 0.1) is 0 Å². The molecule has 2 rings (SSSR count). The molecule has 2 saturated heterocycles. The van der Waals surface area contributed by atoms with E-state index in [-0.39, 0.29) is 23.8 Å². The second-order valence-corrected chi connectivity index (χ2v) is 6.35. The van der Waals surface area contributed by atoms with Gasteiger partial charge in [0.25, 0.3) is 0 Å². The van der Waals surface area contributed by atoms with Crippen LogP contribution in [0.4, 0.5) is 0 Å². The highest BCUT2D eigenvalue weighted by molar-refractivity contribution is 5.89. The third-order valence-corrected chi connectivity index (χ3v) is 4.41. The molecule has 0 N–H and O–H groups in total. The Balaban J connectivity index is 1.99. The van der Waals surface area contributed by atoms with Crippen LogP contribution in [0.2, 0.25) is 0 Å². The van der Waals surface area contributed by atoms with Crippen LogP contribution in [0.15, 0.2) is 0 Å². The summed E-state index contributed by atoms with van der Waals surface area (Å²) < 4.78 is 0. The molecule has 0 aromatic heterocycles. The van der Waals surface area contributed by atoms with Gasteiger partial charge in [-0.3, -0.25) is 9.59 Å². The van der Waals surface area contributed by atoms with Crippen molar-refractivity contribution < 1.29 is 9.59 Å². The van der Waals surface area contributed by atoms with E-state index in [2.05, 4.69) is 6.92 Å². The number of nitrogens with zero attached hydrogens (tertiary/aromatic N) is 2. The number of hydrogen-bond acceptors (Lipinski definition) is 2. The Morgan fingerprint density at radius 1 is 1.05 bits per heavy atom. The van der Waals surface area contributed by atoms with Gasteiger partial charge >= 0.3 is 0 Å². The number of amides is 2. The van der Waals surface area contributed by atoms with Crippen LogP contribution >= 0.6 is 0 Å².